The fourth-order valence-electron chi connectivity index (χ4n) is 2.02. The highest BCUT2D eigenvalue weighted by Gasteiger charge is 2.13. The lowest BCUT2D eigenvalue weighted by molar-refractivity contribution is 0.544. The molecule has 1 N–H and O–H groups in total. The van der Waals surface area contributed by atoms with E-state index in [-0.39, 0.29) is 6.04 Å². The Bertz CT molecular complexity index is 573. The molecule has 0 spiro atoms. The lowest BCUT2D eigenvalue weighted by atomic mass is 10.0. The van der Waals surface area contributed by atoms with Gasteiger partial charge in [0.15, 0.2) is 0 Å². The zero-order chi connectivity index (χ0) is 14.5. The number of pyridine rings is 1. The van der Waals surface area contributed by atoms with Crippen molar-refractivity contribution in [1.82, 2.24) is 10.3 Å². The molecule has 5 heteroatoms. The van der Waals surface area contributed by atoms with Gasteiger partial charge in [0.1, 0.15) is 0 Å². The van der Waals surface area contributed by atoms with Gasteiger partial charge in [-0.2, -0.15) is 0 Å². The average molecular weight is 374 g/mol. The Kier molecular flexibility index (Phi) is 5.85. The number of aromatic nitrogens is 1. The Morgan fingerprint density at radius 1 is 1.20 bits per heavy atom. The van der Waals surface area contributed by atoms with Crippen LogP contribution in [-0.2, 0) is 6.42 Å². The number of hydrogen-bond donors (Lipinski definition) is 1. The Labute approximate surface area is 137 Å². The predicted molar refractivity (Wildman–Crippen MR) is 88.5 cm³/mol. The van der Waals surface area contributed by atoms with Gasteiger partial charge in [0, 0.05) is 28.8 Å². The molecular weight excluding hydrogens is 359 g/mol. The molecule has 1 unspecified atom stereocenters. The van der Waals surface area contributed by atoms with Gasteiger partial charge in [-0.05, 0) is 52.3 Å². The Hall–Kier alpha value is -0.610. The van der Waals surface area contributed by atoms with E-state index in [2.05, 4.69) is 33.2 Å². The third kappa shape index (κ3) is 4.19. The van der Waals surface area contributed by atoms with Gasteiger partial charge in [-0.15, -0.1) is 0 Å². The molecule has 2 rings (SSSR count). The minimum absolute atomic E-state index is 0.170. The molecule has 0 bridgehead atoms. The topological polar surface area (TPSA) is 24.9 Å². The van der Waals surface area contributed by atoms with Crippen molar-refractivity contribution in [1.29, 1.82) is 0 Å². The van der Waals surface area contributed by atoms with Gasteiger partial charge < -0.3 is 5.32 Å². The van der Waals surface area contributed by atoms with E-state index < -0.39 is 0 Å². The lowest BCUT2D eigenvalue weighted by Gasteiger charge is -2.18. The maximum Gasteiger partial charge on any atom is 0.0595 e. The second-order valence-electron chi connectivity index (χ2n) is 4.46. The molecule has 0 fully saturated rings. The van der Waals surface area contributed by atoms with Crippen LogP contribution in [-0.4, -0.2) is 11.5 Å². The average Bonchev–Trinajstić information content (AvgIpc) is 2.44. The van der Waals surface area contributed by atoms with Crippen molar-refractivity contribution in [3.63, 3.8) is 0 Å². The van der Waals surface area contributed by atoms with Crippen LogP contribution in [0.2, 0.25) is 10.0 Å². The summed E-state index contributed by atoms with van der Waals surface area (Å²) in [4.78, 5) is 4.42. The molecule has 2 aromatic rings. The van der Waals surface area contributed by atoms with Gasteiger partial charge in [0.2, 0.25) is 0 Å². The molecule has 20 heavy (non-hydrogen) atoms. The molecule has 0 aliphatic rings. The molecule has 0 saturated heterocycles. The predicted octanol–water partition coefficient (Wildman–Crippen LogP) is 5.04. The summed E-state index contributed by atoms with van der Waals surface area (Å²) in [7, 11) is 0. The largest absolute Gasteiger partial charge is 0.310 e. The minimum atomic E-state index is 0.170. The summed E-state index contributed by atoms with van der Waals surface area (Å²) in [6.45, 7) is 2.96. The van der Waals surface area contributed by atoms with E-state index in [1.165, 1.54) is 0 Å². The molecule has 2 nitrogen and oxygen atoms in total. The highest BCUT2D eigenvalue weighted by atomic mass is 79.9. The van der Waals surface area contributed by atoms with Crippen molar-refractivity contribution < 1.29 is 0 Å². The SMILES string of the molecule is CCNC(Cc1ccc(Br)cn1)c1ccc(Cl)c(Cl)c1. The van der Waals surface area contributed by atoms with E-state index >= 15 is 0 Å². The van der Waals surface area contributed by atoms with Crippen molar-refractivity contribution in [2.24, 2.45) is 0 Å². The number of nitrogens with one attached hydrogen (secondary N) is 1. The van der Waals surface area contributed by atoms with Gasteiger partial charge in [-0.1, -0.05) is 36.2 Å². The van der Waals surface area contributed by atoms with Gasteiger partial charge in [0.05, 0.1) is 10.0 Å². The maximum absolute atomic E-state index is 6.10. The summed E-state index contributed by atoms with van der Waals surface area (Å²) in [5.74, 6) is 0. The van der Waals surface area contributed by atoms with E-state index in [4.69, 9.17) is 23.2 Å². The number of benzene rings is 1. The van der Waals surface area contributed by atoms with Gasteiger partial charge in [-0.25, -0.2) is 0 Å². The normalized spacial score (nSPS) is 12.4. The fourth-order valence-corrected chi connectivity index (χ4v) is 2.56. The fraction of sp³-hybridized carbons (Fsp3) is 0.267. The molecule has 0 saturated carbocycles. The summed E-state index contributed by atoms with van der Waals surface area (Å²) < 4.78 is 0.982. The first kappa shape index (κ1) is 15.8. The molecule has 1 heterocycles. The molecule has 0 aliphatic carbocycles. The summed E-state index contributed by atoms with van der Waals surface area (Å²) in [5, 5.41) is 4.61. The molecule has 0 aliphatic heterocycles. The Balaban J connectivity index is 2.21. The third-order valence-electron chi connectivity index (χ3n) is 3.00. The Morgan fingerprint density at radius 2 is 2.00 bits per heavy atom. The van der Waals surface area contributed by atoms with Crippen molar-refractivity contribution in [2.45, 2.75) is 19.4 Å². The minimum Gasteiger partial charge on any atom is -0.310 e. The number of likely N-dealkylation sites (N-methyl/N-ethyl adjacent to an activating group) is 1. The highest BCUT2D eigenvalue weighted by Crippen LogP contribution is 2.27. The van der Waals surface area contributed by atoms with E-state index in [0.717, 1.165) is 28.7 Å². The number of nitrogens with zero attached hydrogens (tertiary/aromatic N) is 1. The number of rotatable bonds is 5. The lowest BCUT2D eigenvalue weighted by Crippen LogP contribution is -2.23. The van der Waals surface area contributed by atoms with E-state index in [9.17, 15) is 0 Å². The standard InChI is InChI=1S/C15H15BrCl2N2/c1-2-19-15(8-12-5-4-11(16)9-20-12)10-3-6-13(17)14(18)7-10/h3-7,9,15,19H,2,8H2,1H3. The van der Waals surface area contributed by atoms with Crippen LogP contribution in [0.4, 0.5) is 0 Å². The second-order valence-corrected chi connectivity index (χ2v) is 6.19. The second kappa shape index (κ2) is 7.41. The Morgan fingerprint density at radius 3 is 2.60 bits per heavy atom. The molecule has 1 atom stereocenters. The smallest absolute Gasteiger partial charge is 0.0595 e. The summed E-state index contributed by atoms with van der Waals surface area (Å²) in [5.41, 5.74) is 2.15. The van der Waals surface area contributed by atoms with E-state index in [0.29, 0.717) is 10.0 Å². The van der Waals surface area contributed by atoms with Gasteiger partial charge in [-0.3, -0.25) is 4.98 Å². The van der Waals surface area contributed by atoms with Crippen molar-refractivity contribution in [2.75, 3.05) is 6.54 Å². The molecule has 1 aromatic heterocycles. The van der Waals surface area contributed by atoms with Crippen LogP contribution < -0.4 is 5.32 Å². The van der Waals surface area contributed by atoms with Crippen molar-refractivity contribution in [3.8, 4) is 0 Å². The van der Waals surface area contributed by atoms with Crippen LogP contribution in [0.5, 0.6) is 0 Å². The van der Waals surface area contributed by atoms with Crippen molar-refractivity contribution in [3.05, 3.63) is 62.3 Å². The van der Waals surface area contributed by atoms with E-state index in [1.54, 1.807) is 0 Å². The summed E-state index contributed by atoms with van der Waals surface area (Å²) in [6, 6.07) is 9.93. The number of halogens is 3. The van der Waals surface area contributed by atoms with E-state index in [1.807, 2.05) is 36.5 Å². The quantitative estimate of drug-likeness (QED) is 0.793. The van der Waals surface area contributed by atoms with Crippen LogP contribution >= 0.6 is 39.1 Å². The molecule has 106 valence electrons. The first-order chi connectivity index (χ1) is 9.60. The van der Waals surface area contributed by atoms with Gasteiger partial charge >= 0.3 is 0 Å². The van der Waals surface area contributed by atoms with Crippen LogP contribution in [0, 0.1) is 0 Å². The molecular formula is C15H15BrCl2N2. The molecule has 0 radical (unpaired) electrons. The van der Waals surface area contributed by atoms with Crippen molar-refractivity contribution >= 4 is 39.1 Å². The van der Waals surface area contributed by atoms with Crippen LogP contribution in [0.25, 0.3) is 0 Å². The molecule has 1 aromatic carbocycles. The number of hydrogen-bond acceptors (Lipinski definition) is 2. The summed E-state index contributed by atoms with van der Waals surface area (Å²) in [6.07, 6.45) is 2.62. The zero-order valence-corrected chi connectivity index (χ0v) is 14.1. The monoisotopic (exact) mass is 372 g/mol. The molecule has 0 amide bonds. The highest BCUT2D eigenvalue weighted by molar-refractivity contribution is 9.10. The maximum atomic E-state index is 6.10. The van der Waals surface area contributed by atoms with Crippen LogP contribution in [0.1, 0.15) is 24.2 Å². The summed E-state index contributed by atoms with van der Waals surface area (Å²) >= 11 is 15.5. The van der Waals surface area contributed by atoms with Gasteiger partial charge in [0.25, 0.3) is 0 Å². The third-order valence-corrected chi connectivity index (χ3v) is 4.21. The first-order valence-electron chi connectivity index (χ1n) is 6.39. The zero-order valence-electron chi connectivity index (χ0n) is 11.0. The van der Waals surface area contributed by atoms with Crippen LogP contribution in [0.3, 0.4) is 0 Å². The van der Waals surface area contributed by atoms with Crippen LogP contribution in [0.15, 0.2) is 41.0 Å². The first-order valence-corrected chi connectivity index (χ1v) is 7.93.